The Hall–Kier alpha value is -1.23. The van der Waals surface area contributed by atoms with E-state index in [0.29, 0.717) is 13.2 Å². The maximum absolute atomic E-state index is 12.3. The number of anilines is 1. The largest absolute Gasteiger partial charge is 0.573 e. The molecular weight excluding hydrogens is 426 g/mol. The molecule has 1 unspecified atom stereocenters. The highest BCUT2D eigenvalue weighted by molar-refractivity contribution is 14.0. The topological polar surface area (TPSA) is 68.9 Å². The monoisotopic (exact) mass is 445 g/mol. The first-order chi connectivity index (χ1) is 10.4. The predicted octanol–water partition coefficient (Wildman–Crippen LogP) is 3.36. The van der Waals surface area contributed by atoms with Gasteiger partial charge in [-0.05, 0) is 25.0 Å². The molecule has 3 N–H and O–H groups in total. The van der Waals surface area contributed by atoms with Gasteiger partial charge in [-0.1, -0.05) is 12.1 Å². The fraction of sp³-hybridized carbons (Fsp3) is 0.500. The van der Waals surface area contributed by atoms with Gasteiger partial charge in [0.15, 0.2) is 11.7 Å². The molecule has 0 spiro atoms. The van der Waals surface area contributed by atoms with Crippen LogP contribution in [0, 0.1) is 5.92 Å². The first-order valence-electron chi connectivity index (χ1n) is 6.93. The summed E-state index contributed by atoms with van der Waals surface area (Å²) in [7, 11) is 0. The number of hydrogen-bond donors (Lipinski definition) is 2. The molecule has 2 rings (SSSR count). The van der Waals surface area contributed by atoms with Crippen molar-refractivity contribution >= 4 is 35.6 Å². The number of rotatable bonds is 4. The van der Waals surface area contributed by atoms with Crippen molar-refractivity contribution in [1.29, 1.82) is 0 Å². The quantitative estimate of drug-likeness (QED) is 0.424. The molecule has 1 aromatic rings. The van der Waals surface area contributed by atoms with Gasteiger partial charge < -0.3 is 20.5 Å². The standard InChI is InChI=1S/C14H18F3N3O2.HI/c15-14(16,17)22-12-6-2-1-5-11(12)20-13(18)19-8-10-4-3-7-21-9-10;/h1-2,5-6,10H,3-4,7-9H2,(H3,18,19,20);1H. The summed E-state index contributed by atoms with van der Waals surface area (Å²) in [6.07, 6.45) is -2.77. The Kier molecular flexibility index (Phi) is 7.89. The summed E-state index contributed by atoms with van der Waals surface area (Å²) in [4.78, 5) is 4.15. The van der Waals surface area contributed by atoms with Crippen molar-refractivity contribution in [2.45, 2.75) is 19.2 Å². The van der Waals surface area contributed by atoms with Gasteiger partial charge >= 0.3 is 6.36 Å². The zero-order valence-electron chi connectivity index (χ0n) is 12.3. The number of hydrogen-bond acceptors (Lipinski definition) is 3. The molecule has 5 nitrogen and oxygen atoms in total. The molecule has 1 aliphatic rings. The van der Waals surface area contributed by atoms with Crippen molar-refractivity contribution in [3.8, 4) is 5.75 Å². The summed E-state index contributed by atoms with van der Waals surface area (Å²) in [5, 5.41) is 2.63. The summed E-state index contributed by atoms with van der Waals surface area (Å²) < 4.78 is 46.2. The SMILES string of the molecule is I.NC(=NCC1CCCOC1)Nc1ccccc1OC(F)(F)F. The molecule has 0 aliphatic carbocycles. The second-order valence-corrected chi connectivity index (χ2v) is 4.98. The first-order valence-corrected chi connectivity index (χ1v) is 6.93. The number of benzene rings is 1. The third-order valence-electron chi connectivity index (χ3n) is 3.15. The van der Waals surface area contributed by atoms with Crippen LogP contribution in [0.5, 0.6) is 5.75 Å². The number of para-hydroxylation sites is 2. The van der Waals surface area contributed by atoms with Crippen LogP contribution in [0.25, 0.3) is 0 Å². The summed E-state index contributed by atoms with van der Waals surface area (Å²) in [6, 6.07) is 5.66. The lowest BCUT2D eigenvalue weighted by molar-refractivity contribution is -0.274. The maximum Gasteiger partial charge on any atom is 0.573 e. The molecule has 0 amide bonds. The Labute approximate surface area is 149 Å². The van der Waals surface area contributed by atoms with Crippen LogP contribution in [-0.2, 0) is 4.74 Å². The van der Waals surface area contributed by atoms with Crippen LogP contribution in [0.4, 0.5) is 18.9 Å². The summed E-state index contributed by atoms with van der Waals surface area (Å²) in [5.41, 5.74) is 5.83. The van der Waals surface area contributed by atoms with Gasteiger partial charge in [0.2, 0.25) is 0 Å². The Morgan fingerprint density at radius 2 is 2.13 bits per heavy atom. The van der Waals surface area contributed by atoms with Gasteiger partial charge in [0.1, 0.15) is 0 Å². The van der Waals surface area contributed by atoms with Gasteiger partial charge in [-0.15, -0.1) is 37.1 Å². The molecule has 9 heteroatoms. The number of aliphatic imine (C=N–C) groups is 1. The molecule has 1 aliphatic heterocycles. The van der Waals surface area contributed by atoms with E-state index in [2.05, 4.69) is 15.0 Å². The third-order valence-corrected chi connectivity index (χ3v) is 3.15. The minimum absolute atomic E-state index is 0. The zero-order valence-corrected chi connectivity index (χ0v) is 14.6. The Morgan fingerprint density at radius 1 is 1.39 bits per heavy atom. The van der Waals surface area contributed by atoms with Gasteiger partial charge in [0.25, 0.3) is 0 Å². The lowest BCUT2D eigenvalue weighted by Crippen LogP contribution is -2.27. The molecule has 0 radical (unpaired) electrons. The van der Waals surface area contributed by atoms with Crippen LogP contribution in [0.3, 0.4) is 0 Å². The van der Waals surface area contributed by atoms with Crippen molar-refractivity contribution in [2.24, 2.45) is 16.6 Å². The second kappa shape index (κ2) is 9.16. The van der Waals surface area contributed by atoms with Crippen LogP contribution >= 0.6 is 24.0 Å². The Balaban J connectivity index is 0.00000264. The lowest BCUT2D eigenvalue weighted by atomic mass is 10.0. The predicted molar refractivity (Wildman–Crippen MR) is 92.2 cm³/mol. The van der Waals surface area contributed by atoms with Gasteiger partial charge in [0, 0.05) is 19.1 Å². The molecule has 0 bridgehead atoms. The molecular formula is C14H19F3IN3O2. The number of nitrogens with zero attached hydrogens (tertiary/aromatic N) is 1. The molecule has 1 saturated heterocycles. The second-order valence-electron chi connectivity index (χ2n) is 4.98. The lowest BCUT2D eigenvalue weighted by Gasteiger charge is -2.20. The fourth-order valence-electron chi connectivity index (χ4n) is 2.14. The van der Waals surface area contributed by atoms with E-state index in [-0.39, 0.29) is 47.3 Å². The van der Waals surface area contributed by atoms with Gasteiger partial charge in [-0.25, -0.2) is 0 Å². The van der Waals surface area contributed by atoms with Gasteiger partial charge in [0.05, 0.1) is 12.3 Å². The highest BCUT2D eigenvalue weighted by Crippen LogP contribution is 2.29. The number of nitrogens with two attached hydrogens (primary N) is 1. The van der Waals surface area contributed by atoms with Crippen molar-refractivity contribution in [1.82, 2.24) is 0 Å². The molecule has 0 saturated carbocycles. The molecule has 1 fully saturated rings. The van der Waals surface area contributed by atoms with Crippen molar-refractivity contribution in [2.75, 3.05) is 25.1 Å². The van der Waals surface area contributed by atoms with Crippen LogP contribution in [0.15, 0.2) is 29.3 Å². The first kappa shape index (κ1) is 19.8. The normalized spacial score (nSPS) is 18.9. The third kappa shape index (κ3) is 7.25. The number of nitrogens with one attached hydrogen (secondary N) is 1. The minimum atomic E-state index is -4.76. The Bertz CT molecular complexity index is 520. The van der Waals surface area contributed by atoms with E-state index in [1.54, 1.807) is 6.07 Å². The molecule has 23 heavy (non-hydrogen) atoms. The number of alkyl halides is 3. The van der Waals surface area contributed by atoms with Gasteiger partial charge in [-0.2, -0.15) is 0 Å². The molecule has 1 heterocycles. The van der Waals surface area contributed by atoms with E-state index >= 15 is 0 Å². The van der Waals surface area contributed by atoms with Crippen molar-refractivity contribution in [3.05, 3.63) is 24.3 Å². The number of halogens is 4. The maximum atomic E-state index is 12.3. The molecule has 1 atom stereocenters. The van der Waals surface area contributed by atoms with E-state index in [9.17, 15) is 13.2 Å². The average Bonchev–Trinajstić information content (AvgIpc) is 2.47. The highest BCUT2D eigenvalue weighted by Gasteiger charge is 2.32. The van der Waals surface area contributed by atoms with E-state index < -0.39 is 6.36 Å². The number of ether oxygens (including phenoxy) is 2. The van der Waals surface area contributed by atoms with Crippen LogP contribution in [-0.4, -0.2) is 32.1 Å². The molecule has 130 valence electrons. The van der Waals surface area contributed by atoms with Crippen LogP contribution in [0.1, 0.15) is 12.8 Å². The van der Waals surface area contributed by atoms with Crippen LogP contribution < -0.4 is 15.8 Å². The van der Waals surface area contributed by atoms with Crippen LogP contribution in [0.2, 0.25) is 0 Å². The summed E-state index contributed by atoms with van der Waals surface area (Å²) in [6.45, 7) is 1.86. The zero-order chi connectivity index (χ0) is 16.0. The van der Waals surface area contributed by atoms with E-state index in [1.807, 2.05) is 0 Å². The van der Waals surface area contributed by atoms with Crippen molar-refractivity contribution in [3.63, 3.8) is 0 Å². The molecule has 1 aromatic carbocycles. The minimum Gasteiger partial charge on any atom is -0.404 e. The van der Waals surface area contributed by atoms with E-state index in [4.69, 9.17) is 10.5 Å². The Morgan fingerprint density at radius 3 is 2.78 bits per heavy atom. The smallest absolute Gasteiger partial charge is 0.404 e. The molecule has 0 aromatic heterocycles. The summed E-state index contributed by atoms with van der Waals surface area (Å²) in [5.74, 6) is -0.0197. The summed E-state index contributed by atoms with van der Waals surface area (Å²) >= 11 is 0. The number of guanidine groups is 1. The van der Waals surface area contributed by atoms with E-state index in [0.717, 1.165) is 19.4 Å². The van der Waals surface area contributed by atoms with E-state index in [1.165, 1.54) is 18.2 Å². The van der Waals surface area contributed by atoms with Gasteiger partial charge in [-0.3, -0.25) is 4.99 Å². The van der Waals surface area contributed by atoms with Crippen molar-refractivity contribution < 1.29 is 22.6 Å². The average molecular weight is 445 g/mol. The highest BCUT2D eigenvalue weighted by atomic mass is 127. The fourth-order valence-corrected chi connectivity index (χ4v) is 2.14.